The highest BCUT2D eigenvalue weighted by Gasteiger charge is 2.68. The number of carbonyl (C=O) groups is 2. The molecule has 182 valence electrons. The van der Waals surface area contributed by atoms with Crippen molar-refractivity contribution in [3.05, 3.63) is 41.6 Å². The molecule has 2 aromatic rings. The first-order valence-corrected chi connectivity index (χ1v) is 11.6. The number of hydrogen-bond acceptors (Lipinski definition) is 5. The Kier molecular flexibility index (Phi) is 5.67. The summed E-state index contributed by atoms with van der Waals surface area (Å²) in [6.45, 7) is 1.54. The number of carbonyl (C=O) groups excluding carboxylic acids is 2. The molecular weight excluding hydrogens is 447 g/mol. The van der Waals surface area contributed by atoms with Crippen molar-refractivity contribution < 1.29 is 27.5 Å². The van der Waals surface area contributed by atoms with Gasteiger partial charge in [0.15, 0.2) is 5.78 Å². The van der Waals surface area contributed by atoms with Crippen molar-refractivity contribution in [1.29, 1.82) is 0 Å². The first-order valence-electron chi connectivity index (χ1n) is 11.6. The van der Waals surface area contributed by atoms with E-state index in [2.05, 4.69) is 10.3 Å². The number of ketones is 1. The number of amides is 1. The largest absolute Gasteiger partial charge is 0.401 e. The Balaban J connectivity index is 1.06. The normalized spacial score (nSPS) is 28.4. The van der Waals surface area contributed by atoms with Gasteiger partial charge in [-0.15, -0.1) is 0 Å². The number of halogens is 3. The Morgan fingerprint density at radius 2 is 1.97 bits per heavy atom. The zero-order valence-electron chi connectivity index (χ0n) is 19.1. The molecular formula is C25H28F3N3O3. The highest BCUT2D eigenvalue weighted by Crippen LogP contribution is 2.69. The zero-order chi connectivity index (χ0) is 24.1. The van der Waals surface area contributed by atoms with Crippen LogP contribution in [0.5, 0.6) is 0 Å². The number of Topliss-reactive ketones (excluding diaryl/α,β-unsaturated/α-hetero) is 1. The Bertz CT molecular complexity index is 1110. The first kappa shape index (κ1) is 23.2. The fourth-order valence-corrected chi connectivity index (χ4v) is 6.00. The van der Waals surface area contributed by atoms with Crippen LogP contribution in [-0.4, -0.2) is 65.6 Å². The van der Waals surface area contributed by atoms with Gasteiger partial charge in [-0.05, 0) is 56.2 Å². The van der Waals surface area contributed by atoms with Gasteiger partial charge in [-0.2, -0.15) is 13.2 Å². The number of benzene rings is 1. The molecule has 1 aromatic carbocycles. The van der Waals surface area contributed by atoms with E-state index in [4.69, 9.17) is 4.74 Å². The SMILES string of the molecule is Cc1ccc2nc(C(=O)NC34CC(CC(=O)COC5CCN(CC(F)(F)F)C5)(C3)C4)ccc2c1. The lowest BCUT2D eigenvalue weighted by atomic mass is 9.38. The number of ether oxygens (including phenoxy) is 1. The molecule has 1 atom stereocenters. The van der Waals surface area contributed by atoms with Crippen molar-refractivity contribution in [2.45, 2.75) is 56.8 Å². The van der Waals surface area contributed by atoms with Gasteiger partial charge in [0.1, 0.15) is 12.3 Å². The van der Waals surface area contributed by atoms with Gasteiger partial charge in [-0.1, -0.05) is 17.7 Å². The van der Waals surface area contributed by atoms with E-state index >= 15 is 0 Å². The zero-order valence-corrected chi connectivity index (χ0v) is 19.1. The van der Waals surface area contributed by atoms with Crippen LogP contribution in [0.4, 0.5) is 13.2 Å². The summed E-state index contributed by atoms with van der Waals surface area (Å²) < 4.78 is 43.1. The second kappa shape index (κ2) is 8.30. The van der Waals surface area contributed by atoms with Crippen LogP contribution in [0, 0.1) is 12.3 Å². The summed E-state index contributed by atoms with van der Waals surface area (Å²) in [6, 6.07) is 9.54. The summed E-state index contributed by atoms with van der Waals surface area (Å²) in [7, 11) is 0. The topological polar surface area (TPSA) is 71.5 Å². The molecule has 3 saturated carbocycles. The van der Waals surface area contributed by atoms with E-state index in [1.165, 1.54) is 4.90 Å². The number of rotatable bonds is 8. The minimum absolute atomic E-state index is 0.0274. The predicted octanol–water partition coefficient (Wildman–Crippen LogP) is 3.81. The molecule has 2 heterocycles. The van der Waals surface area contributed by atoms with Crippen molar-refractivity contribution in [1.82, 2.24) is 15.2 Å². The Hall–Kier alpha value is -2.52. The molecule has 1 saturated heterocycles. The minimum atomic E-state index is -4.22. The van der Waals surface area contributed by atoms with E-state index in [1.807, 2.05) is 31.2 Å². The molecule has 9 heteroatoms. The maximum absolute atomic E-state index is 12.7. The number of nitrogens with one attached hydrogen (secondary N) is 1. The highest BCUT2D eigenvalue weighted by atomic mass is 19.4. The Morgan fingerprint density at radius 1 is 1.21 bits per heavy atom. The lowest BCUT2D eigenvalue weighted by Gasteiger charge is -2.70. The molecule has 34 heavy (non-hydrogen) atoms. The van der Waals surface area contributed by atoms with Crippen molar-refractivity contribution in [2.75, 3.05) is 26.2 Å². The standard InChI is InChI=1S/C25H28F3N3O3/c1-16-2-4-20-17(8-16)3-5-21(29-20)22(33)30-24-12-23(13-24,14-24)9-18(32)11-34-19-6-7-31(10-19)15-25(26,27)28/h2-5,8,19H,6-7,9-15H2,1H3,(H,30,33). The fraction of sp³-hybridized carbons (Fsp3) is 0.560. The predicted molar refractivity (Wildman–Crippen MR) is 119 cm³/mol. The molecule has 1 aliphatic heterocycles. The first-order chi connectivity index (χ1) is 16.0. The summed E-state index contributed by atoms with van der Waals surface area (Å²) in [4.78, 5) is 31.0. The molecule has 0 spiro atoms. The van der Waals surface area contributed by atoms with Gasteiger partial charge >= 0.3 is 6.18 Å². The Morgan fingerprint density at radius 3 is 2.71 bits per heavy atom. The third-order valence-electron chi connectivity index (χ3n) is 7.28. The highest BCUT2D eigenvalue weighted by molar-refractivity contribution is 5.95. The van der Waals surface area contributed by atoms with Gasteiger partial charge in [-0.25, -0.2) is 4.98 Å². The van der Waals surface area contributed by atoms with Crippen LogP contribution in [0.25, 0.3) is 10.9 Å². The number of nitrogens with zero attached hydrogens (tertiary/aromatic N) is 2. The van der Waals surface area contributed by atoms with Gasteiger partial charge in [0.25, 0.3) is 5.91 Å². The molecule has 1 N–H and O–H groups in total. The van der Waals surface area contributed by atoms with Crippen molar-refractivity contribution >= 4 is 22.6 Å². The van der Waals surface area contributed by atoms with Gasteiger partial charge < -0.3 is 10.1 Å². The van der Waals surface area contributed by atoms with Crippen LogP contribution in [0.15, 0.2) is 30.3 Å². The third kappa shape index (κ3) is 4.81. The van der Waals surface area contributed by atoms with Gasteiger partial charge in [0, 0.05) is 30.4 Å². The van der Waals surface area contributed by atoms with Gasteiger partial charge in [0.05, 0.1) is 18.2 Å². The minimum Gasteiger partial charge on any atom is -0.369 e. The quantitative estimate of drug-likeness (QED) is 0.629. The van der Waals surface area contributed by atoms with Gasteiger partial charge in [0.2, 0.25) is 0 Å². The maximum atomic E-state index is 12.7. The number of aromatic nitrogens is 1. The lowest BCUT2D eigenvalue weighted by molar-refractivity contribution is -0.165. The number of hydrogen-bond donors (Lipinski definition) is 1. The summed E-state index contributed by atoms with van der Waals surface area (Å²) in [5.74, 6) is -0.226. The number of alkyl halides is 3. The van der Waals surface area contributed by atoms with Gasteiger partial charge in [-0.3, -0.25) is 14.5 Å². The number of pyridine rings is 1. The smallest absolute Gasteiger partial charge is 0.369 e. The Labute approximate surface area is 195 Å². The van der Waals surface area contributed by atoms with Crippen LogP contribution in [0.2, 0.25) is 0 Å². The van der Waals surface area contributed by atoms with E-state index in [1.54, 1.807) is 6.07 Å². The number of aryl methyl sites for hydroxylation is 1. The molecule has 1 unspecified atom stereocenters. The summed E-state index contributed by atoms with van der Waals surface area (Å²) in [6.07, 6.45) is -1.39. The average molecular weight is 476 g/mol. The second-order valence-electron chi connectivity index (χ2n) is 10.4. The molecule has 4 fully saturated rings. The van der Waals surface area contributed by atoms with Crippen molar-refractivity contribution in [2.24, 2.45) is 5.41 Å². The van der Waals surface area contributed by atoms with Crippen LogP contribution in [-0.2, 0) is 9.53 Å². The van der Waals surface area contributed by atoms with Crippen molar-refractivity contribution in [3.63, 3.8) is 0 Å². The molecule has 2 bridgehead atoms. The molecule has 6 nitrogen and oxygen atoms in total. The second-order valence-corrected chi connectivity index (χ2v) is 10.4. The summed E-state index contributed by atoms with van der Waals surface area (Å²) >= 11 is 0. The average Bonchev–Trinajstić information content (AvgIpc) is 3.14. The van der Waals surface area contributed by atoms with Crippen LogP contribution < -0.4 is 5.32 Å². The molecule has 4 aliphatic rings. The molecule has 1 amide bonds. The van der Waals surface area contributed by atoms with E-state index in [9.17, 15) is 22.8 Å². The molecule has 6 rings (SSSR count). The van der Waals surface area contributed by atoms with Crippen molar-refractivity contribution in [3.8, 4) is 0 Å². The fourth-order valence-electron chi connectivity index (χ4n) is 6.00. The summed E-state index contributed by atoms with van der Waals surface area (Å²) in [5.41, 5.74) is 1.96. The van der Waals surface area contributed by atoms with Crippen LogP contribution in [0.3, 0.4) is 0 Å². The number of likely N-dealkylation sites (tertiary alicyclic amines) is 1. The van der Waals surface area contributed by atoms with Crippen LogP contribution in [0.1, 0.15) is 48.2 Å². The number of fused-ring (bicyclic) bond motifs is 1. The van der Waals surface area contributed by atoms with E-state index in [0.29, 0.717) is 25.1 Å². The molecule has 3 aliphatic carbocycles. The van der Waals surface area contributed by atoms with E-state index in [-0.39, 0.29) is 41.9 Å². The lowest BCUT2D eigenvalue weighted by Crippen LogP contribution is -2.75. The maximum Gasteiger partial charge on any atom is 0.401 e. The third-order valence-corrected chi connectivity index (χ3v) is 7.28. The monoisotopic (exact) mass is 475 g/mol. The van der Waals surface area contributed by atoms with Crippen LogP contribution >= 0.6 is 0 Å². The molecule has 0 radical (unpaired) electrons. The summed E-state index contributed by atoms with van der Waals surface area (Å²) in [5, 5.41) is 4.10. The van der Waals surface area contributed by atoms with E-state index in [0.717, 1.165) is 35.7 Å². The van der Waals surface area contributed by atoms with E-state index < -0.39 is 12.7 Å². The molecule has 1 aromatic heterocycles.